The van der Waals surface area contributed by atoms with E-state index in [1.165, 1.54) is 0 Å². The number of anilines is 1. The minimum atomic E-state index is -0.929. The molecular formula is C19H13F2N5O3S. The van der Waals surface area contributed by atoms with E-state index in [2.05, 4.69) is 20.5 Å². The number of amides is 1. The number of benzene rings is 2. The number of carbonyl (C=O) groups is 1. The van der Waals surface area contributed by atoms with Gasteiger partial charge in [0.05, 0.1) is 22.3 Å². The molecule has 152 valence electrons. The lowest BCUT2D eigenvalue weighted by molar-refractivity contribution is -0.113. The summed E-state index contributed by atoms with van der Waals surface area (Å²) in [5, 5.41) is 10.0. The van der Waals surface area contributed by atoms with Gasteiger partial charge in [0, 0.05) is 13.0 Å². The average molecular weight is 429 g/mol. The van der Waals surface area contributed by atoms with Gasteiger partial charge in [0.2, 0.25) is 11.8 Å². The normalized spacial score (nSPS) is 11.0. The van der Waals surface area contributed by atoms with Crippen molar-refractivity contribution in [2.75, 3.05) is 11.1 Å². The van der Waals surface area contributed by atoms with Crippen LogP contribution in [0.15, 0.2) is 56.8 Å². The summed E-state index contributed by atoms with van der Waals surface area (Å²) >= 11 is 0.907. The summed E-state index contributed by atoms with van der Waals surface area (Å²) < 4.78 is 33.9. The zero-order chi connectivity index (χ0) is 21.3. The molecule has 4 aromatic rings. The first-order valence-electron chi connectivity index (χ1n) is 8.62. The number of thioether (sulfide) groups is 1. The summed E-state index contributed by atoms with van der Waals surface area (Å²) in [6.45, 7) is 1.58. The third kappa shape index (κ3) is 3.92. The van der Waals surface area contributed by atoms with Gasteiger partial charge in [-0.3, -0.25) is 19.5 Å². The molecular weight excluding hydrogens is 416 g/mol. The van der Waals surface area contributed by atoms with E-state index in [1.54, 1.807) is 31.2 Å². The molecule has 1 amide bonds. The van der Waals surface area contributed by atoms with Crippen LogP contribution in [0, 0.1) is 18.6 Å². The average Bonchev–Trinajstić information content (AvgIpc) is 3.12. The molecule has 2 heterocycles. The maximum Gasteiger partial charge on any atom is 0.322 e. The highest BCUT2D eigenvalue weighted by molar-refractivity contribution is 7.99. The van der Waals surface area contributed by atoms with Crippen LogP contribution in [0.25, 0.3) is 16.6 Å². The maximum absolute atomic E-state index is 14.4. The lowest BCUT2D eigenvalue weighted by atomic mass is 10.2. The van der Waals surface area contributed by atoms with Gasteiger partial charge < -0.3 is 4.42 Å². The van der Waals surface area contributed by atoms with Crippen molar-refractivity contribution in [2.45, 2.75) is 12.1 Å². The quantitative estimate of drug-likeness (QED) is 0.384. The minimum Gasteiger partial charge on any atom is -0.408 e. The Morgan fingerprint density at radius 2 is 2.00 bits per heavy atom. The Kier molecular flexibility index (Phi) is 5.27. The first-order valence-corrected chi connectivity index (χ1v) is 9.61. The number of hydrogen-bond donors (Lipinski definition) is 1. The van der Waals surface area contributed by atoms with Crippen LogP contribution in [-0.2, 0) is 4.79 Å². The van der Waals surface area contributed by atoms with Crippen LogP contribution in [0.4, 0.5) is 14.8 Å². The molecule has 0 saturated heterocycles. The second-order valence-corrected chi connectivity index (χ2v) is 7.05. The minimum absolute atomic E-state index is 0.0634. The van der Waals surface area contributed by atoms with Crippen LogP contribution in [0.1, 0.15) is 5.89 Å². The van der Waals surface area contributed by atoms with E-state index in [9.17, 15) is 18.4 Å². The summed E-state index contributed by atoms with van der Waals surface area (Å²) in [6.07, 6.45) is 0. The van der Waals surface area contributed by atoms with Gasteiger partial charge >= 0.3 is 6.01 Å². The number of nitrogens with one attached hydrogen (secondary N) is 1. The molecule has 2 aromatic carbocycles. The fourth-order valence-corrected chi connectivity index (χ4v) is 3.52. The smallest absolute Gasteiger partial charge is 0.322 e. The Hall–Kier alpha value is -3.60. The Balaban J connectivity index is 1.72. The number of fused-ring (bicyclic) bond motifs is 1. The number of para-hydroxylation sites is 1. The van der Waals surface area contributed by atoms with Crippen molar-refractivity contribution in [3.8, 4) is 5.69 Å². The first kappa shape index (κ1) is 19.7. The fraction of sp³-hybridized carbons (Fsp3) is 0.105. The van der Waals surface area contributed by atoms with Gasteiger partial charge in [-0.25, -0.2) is 13.8 Å². The van der Waals surface area contributed by atoms with Gasteiger partial charge in [-0.2, -0.15) is 0 Å². The molecule has 0 bridgehead atoms. The third-order valence-electron chi connectivity index (χ3n) is 4.00. The van der Waals surface area contributed by atoms with Crippen molar-refractivity contribution < 1.29 is 18.0 Å². The molecule has 2 aromatic heterocycles. The van der Waals surface area contributed by atoms with Crippen LogP contribution in [0.5, 0.6) is 0 Å². The number of aryl methyl sites for hydroxylation is 1. The molecule has 0 fully saturated rings. The lowest BCUT2D eigenvalue weighted by Gasteiger charge is -2.13. The van der Waals surface area contributed by atoms with Crippen LogP contribution in [0.2, 0.25) is 0 Å². The monoisotopic (exact) mass is 429 g/mol. The molecule has 0 radical (unpaired) electrons. The molecule has 0 atom stereocenters. The number of aromatic nitrogens is 4. The fourth-order valence-electron chi connectivity index (χ4n) is 2.72. The highest BCUT2D eigenvalue weighted by Crippen LogP contribution is 2.23. The van der Waals surface area contributed by atoms with E-state index in [1.807, 2.05) is 0 Å². The standard InChI is InChI=1S/C19H13F2N5O3S/c1-10-24-25-18(29-10)23-16(27)9-30-19-22-14-5-3-2-4-12(14)17(28)26(19)15-7-6-11(20)8-13(15)21/h2-8H,9H2,1H3,(H,23,25,27). The van der Waals surface area contributed by atoms with Crippen molar-refractivity contribution in [2.24, 2.45) is 0 Å². The van der Waals surface area contributed by atoms with Crippen molar-refractivity contribution in [3.05, 3.63) is 70.3 Å². The number of carbonyl (C=O) groups excluding carboxylic acids is 1. The summed E-state index contributed by atoms with van der Waals surface area (Å²) in [7, 11) is 0. The van der Waals surface area contributed by atoms with Crippen molar-refractivity contribution in [1.29, 1.82) is 0 Å². The molecule has 11 heteroatoms. The van der Waals surface area contributed by atoms with Gasteiger partial charge in [0.1, 0.15) is 11.6 Å². The molecule has 0 unspecified atom stereocenters. The van der Waals surface area contributed by atoms with Gasteiger partial charge in [-0.1, -0.05) is 29.0 Å². The Bertz CT molecular complexity index is 1320. The summed E-state index contributed by atoms with van der Waals surface area (Å²) in [4.78, 5) is 29.6. The Morgan fingerprint density at radius 1 is 1.20 bits per heavy atom. The molecule has 4 rings (SSSR count). The lowest BCUT2D eigenvalue weighted by Crippen LogP contribution is -2.23. The summed E-state index contributed by atoms with van der Waals surface area (Å²) in [5.41, 5.74) is -0.326. The molecule has 0 aliphatic heterocycles. The molecule has 0 spiro atoms. The number of nitrogens with zero attached hydrogens (tertiary/aromatic N) is 4. The van der Waals surface area contributed by atoms with Gasteiger partial charge in [0.15, 0.2) is 5.16 Å². The summed E-state index contributed by atoms with van der Waals surface area (Å²) in [6, 6.07) is 9.35. The number of hydrogen-bond acceptors (Lipinski definition) is 7. The Morgan fingerprint density at radius 3 is 2.73 bits per heavy atom. The topological polar surface area (TPSA) is 103 Å². The molecule has 0 aliphatic carbocycles. The Labute approximate surface area is 172 Å². The molecule has 8 nitrogen and oxygen atoms in total. The SMILES string of the molecule is Cc1nnc(NC(=O)CSc2nc3ccccc3c(=O)n2-c2ccc(F)cc2F)o1. The second kappa shape index (κ2) is 8.03. The van der Waals surface area contributed by atoms with E-state index in [0.717, 1.165) is 28.5 Å². The first-order chi connectivity index (χ1) is 14.4. The number of rotatable bonds is 5. The van der Waals surface area contributed by atoms with Crippen LogP contribution in [-0.4, -0.2) is 31.4 Å². The van der Waals surface area contributed by atoms with E-state index in [0.29, 0.717) is 11.6 Å². The van der Waals surface area contributed by atoms with E-state index < -0.39 is 23.1 Å². The molecule has 0 saturated carbocycles. The predicted octanol–water partition coefficient (Wildman–Crippen LogP) is 3.09. The third-order valence-corrected chi connectivity index (χ3v) is 4.94. The number of halogens is 2. The van der Waals surface area contributed by atoms with E-state index >= 15 is 0 Å². The maximum atomic E-state index is 14.4. The zero-order valence-corrected chi connectivity index (χ0v) is 16.2. The largest absolute Gasteiger partial charge is 0.408 e. The molecule has 1 N–H and O–H groups in total. The zero-order valence-electron chi connectivity index (χ0n) is 15.4. The second-order valence-electron chi connectivity index (χ2n) is 6.11. The van der Waals surface area contributed by atoms with Crippen LogP contribution in [0.3, 0.4) is 0 Å². The van der Waals surface area contributed by atoms with Gasteiger partial charge in [-0.05, 0) is 24.3 Å². The van der Waals surface area contributed by atoms with Gasteiger partial charge in [-0.15, -0.1) is 5.10 Å². The summed E-state index contributed by atoms with van der Waals surface area (Å²) in [5.74, 6) is -2.08. The molecule has 0 aliphatic rings. The van der Waals surface area contributed by atoms with Crippen LogP contribution >= 0.6 is 11.8 Å². The highest BCUT2D eigenvalue weighted by Gasteiger charge is 2.18. The van der Waals surface area contributed by atoms with Crippen molar-refractivity contribution in [1.82, 2.24) is 19.7 Å². The van der Waals surface area contributed by atoms with Crippen molar-refractivity contribution in [3.63, 3.8) is 0 Å². The molecule has 30 heavy (non-hydrogen) atoms. The van der Waals surface area contributed by atoms with E-state index in [-0.39, 0.29) is 33.9 Å². The van der Waals surface area contributed by atoms with Crippen LogP contribution < -0.4 is 10.9 Å². The highest BCUT2D eigenvalue weighted by atomic mass is 32.2. The van der Waals surface area contributed by atoms with Crippen molar-refractivity contribution >= 4 is 34.6 Å². The predicted molar refractivity (Wildman–Crippen MR) is 106 cm³/mol. The van der Waals surface area contributed by atoms with Gasteiger partial charge in [0.25, 0.3) is 5.56 Å². The van der Waals surface area contributed by atoms with E-state index in [4.69, 9.17) is 4.42 Å².